The van der Waals surface area contributed by atoms with Gasteiger partial charge in [-0.25, -0.2) is 4.79 Å². The lowest BCUT2D eigenvalue weighted by Crippen LogP contribution is -2.39. The molecular formula is C17H19N5O3. The number of aromatic nitrogens is 4. The number of likely N-dealkylation sites (tertiary alicyclic amines) is 1. The number of nitrogens with zero attached hydrogens (tertiary/aromatic N) is 4. The van der Waals surface area contributed by atoms with Gasteiger partial charge in [0.1, 0.15) is 0 Å². The van der Waals surface area contributed by atoms with E-state index in [1.54, 1.807) is 32.2 Å². The molecule has 0 bridgehead atoms. The maximum Gasteiger partial charge on any atom is 0.326 e. The Morgan fingerprint density at radius 3 is 3.00 bits per heavy atom. The zero-order valence-electron chi connectivity index (χ0n) is 14.2. The molecular weight excluding hydrogens is 322 g/mol. The Balaban J connectivity index is 1.58. The topological polar surface area (TPSA) is 97.0 Å². The molecule has 0 unspecified atom stereocenters. The van der Waals surface area contributed by atoms with Gasteiger partial charge in [0.2, 0.25) is 5.89 Å². The van der Waals surface area contributed by atoms with Crippen LogP contribution in [-0.4, -0.2) is 43.6 Å². The highest BCUT2D eigenvalue weighted by Gasteiger charge is 2.28. The highest BCUT2D eigenvalue weighted by molar-refractivity contribution is 5.97. The molecule has 130 valence electrons. The van der Waals surface area contributed by atoms with Gasteiger partial charge >= 0.3 is 5.69 Å². The van der Waals surface area contributed by atoms with Crippen LogP contribution in [0.2, 0.25) is 0 Å². The number of amides is 1. The average Bonchev–Trinajstić information content (AvgIpc) is 3.18. The maximum absolute atomic E-state index is 12.9. The van der Waals surface area contributed by atoms with Crippen molar-refractivity contribution in [1.82, 2.24) is 24.6 Å². The van der Waals surface area contributed by atoms with Gasteiger partial charge in [-0.2, -0.15) is 4.98 Å². The van der Waals surface area contributed by atoms with Crippen molar-refractivity contribution >= 4 is 16.9 Å². The van der Waals surface area contributed by atoms with Gasteiger partial charge in [-0.1, -0.05) is 5.16 Å². The number of hydrogen-bond donors (Lipinski definition) is 1. The molecule has 8 nitrogen and oxygen atoms in total. The lowest BCUT2D eigenvalue weighted by atomic mass is 9.96. The predicted molar refractivity (Wildman–Crippen MR) is 90.5 cm³/mol. The molecule has 1 amide bonds. The van der Waals surface area contributed by atoms with Crippen LogP contribution in [0, 0.1) is 6.92 Å². The Hall–Kier alpha value is -2.90. The van der Waals surface area contributed by atoms with Gasteiger partial charge in [0.25, 0.3) is 5.91 Å². The summed E-state index contributed by atoms with van der Waals surface area (Å²) in [6.45, 7) is 3.04. The molecule has 1 aliphatic heterocycles. The minimum absolute atomic E-state index is 0.0449. The quantitative estimate of drug-likeness (QED) is 0.763. The number of imidazole rings is 1. The molecule has 0 aliphatic carbocycles. The molecule has 1 aliphatic rings. The number of benzene rings is 1. The van der Waals surface area contributed by atoms with Crippen LogP contribution < -0.4 is 5.69 Å². The zero-order chi connectivity index (χ0) is 17.6. The van der Waals surface area contributed by atoms with Crippen molar-refractivity contribution in [2.24, 2.45) is 7.05 Å². The first-order chi connectivity index (χ1) is 12.0. The van der Waals surface area contributed by atoms with Crippen LogP contribution in [0.5, 0.6) is 0 Å². The number of piperidine rings is 1. The second-order valence-corrected chi connectivity index (χ2v) is 6.48. The molecule has 8 heteroatoms. The number of rotatable bonds is 2. The molecule has 3 aromatic rings. The lowest BCUT2D eigenvalue weighted by Gasteiger charge is -2.31. The van der Waals surface area contributed by atoms with Crippen molar-refractivity contribution < 1.29 is 9.32 Å². The van der Waals surface area contributed by atoms with Crippen LogP contribution in [0.4, 0.5) is 0 Å². The number of nitrogens with one attached hydrogen (secondary N) is 1. The molecule has 0 spiro atoms. The second-order valence-electron chi connectivity index (χ2n) is 6.48. The van der Waals surface area contributed by atoms with E-state index in [0.717, 1.165) is 18.4 Å². The first-order valence-electron chi connectivity index (χ1n) is 8.31. The average molecular weight is 341 g/mol. The fourth-order valence-corrected chi connectivity index (χ4v) is 3.41. The van der Waals surface area contributed by atoms with Crippen molar-refractivity contribution in [2.75, 3.05) is 13.1 Å². The first kappa shape index (κ1) is 15.6. The highest BCUT2D eigenvalue weighted by Crippen LogP contribution is 2.26. The normalized spacial score (nSPS) is 18.0. The van der Waals surface area contributed by atoms with Crippen molar-refractivity contribution in [1.29, 1.82) is 0 Å². The van der Waals surface area contributed by atoms with Gasteiger partial charge in [0.05, 0.1) is 11.0 Å². The van der Waals surface area contributed by atoms with Crippen LogP contribution >= 0.6 is 0 Å². The Kier molecular flexibility index (Phi) is 3.67. The lowest BCUT2D eigenvalue weighted by molar-refractivity contribution is 0.0703. The summed E-state index contributed by atoms with van der Waals surface area (Å²) in [6.07, 6.45) is 1.84. The van der Waals surface area contributed by atoms with E-state index in [9.17, 15) is 9.59 Å². The number of carbonyl (C=O) groups is 1. The fourth-order valence-electron chi connectivity index (χ4n) is 3.41. The summed E-state index contributed by atoms with van der Waals surface area (Å²) in [5, 5.41) is 3.99. The maximum atomic E-state index is 12.9. The Bertz CT molecular complexity index is 999. The molecule has 2 aromatic heterocycles. The first-order valence-corrected chi connectivity index (χ1v) is 8.31. The summed E-state index contributed by atoms with van der Waals surface area (Å²) >= 11 is 0. The summed E-state index contributed by atoms with van der Waals surface area (Å²) < 4.78 is 6.59. The highest BCUT2D eigenvalue weighted by atomic mass is 16.5. The summed E-state index contributed by atoms with van der Waals surface area (Å²) in [6, 6.07) is 5.30. The standard InChI is InChI=1S/C17H19N5O3/c1-10-18-15(20-25-10)12-4-3-7-22(9-12)16(23)11-5-6-14-13(8-11)19-17(24)21(14)2/h5-6,8,12H,3-4,7,9H2,1-2H3,(H,19,24)/t12-/m0/s1. The van der Waals surface area contributed by atoms with E-state index in [1.807, 2.05) is 4.90 Å². The molecule has 3 heterocycles. The SMILES string of the molecule is Cc1nc([C@H]2CCCN(C(=O)c3ccc4c(c3)[nH]c(=O)n4C)C2)no1. The van der Waals surface area contributed by atoms with E-state index in [0.29, 0.717) is 35.9 Å². The predicted octanol–water partition coefficient (Wildman–Crippen LogP) is 1.58. The third-order valence-electron chi connectivity index (χ3n) is 4.77. The minimum Gasteiger partial charge on any atom is -0.340 e. The second kappa shape index (κ2) is 5.87. The van der Waals surface area contributed by atoms with Crippen LogP contribution in [0.25, 0.3) is 11.0 Å². The molecule has 4 rings (SSSR count). The van der Waals surface area contributed by atoms with E-state index in [2.05, 4.69) is 15.1 Å². The minimum atomic E-state index is -0.190. The van der Waals surface area contributed by atoms with Crippen molar-refractivity contribution in [3.63, 3.8) is 0 Å². The largest absolute Gasteiger partial charge is 0.340 e. The van der Waals surface area contributed by atoms with E-state index >= 15 is 0 Å². The smallest absolute Gasteiger partial charge is 0.326 e. The van der Waals surface area contributed by atoms with E-state index in [4.69, 9.17) is 4.52 Å². The number of H-pyrrole nitrogens is 1. The van der Waals surface area contributed by atoms with Crippen LogP contribution in [-0.2, 0) is 7.05 Å². The Morgan fingerprint density at radius 1 is 1.40 bits per heavy atom. The number of aromatic amines is 1. The number of hydrogen-bond acceptors (Lipinski definition) is 5. The summed E-state index contributed by atoms with van der Waals surface area (Å²) in [5.41, 5.74) is 1.82. The fraction of sp³-hybridized carbons (Fsp3) is 0.412. The summed E-state index contributed by atoms with van der Waals surface area (Å²) in [4.78, 5) is 33.5. The molecule has 25 heavy (non-hydrogen) atoms. The van der Waals surface area contributed by atoms with Gasteiger partial charge in [0.15, 0.2) is 5.82 Å². The van der Waals surface area contributed by atoms with Crippen LogP contribution in [0.1, 0.15) is 40.8 Å². The molecule has 1 atom stereocenters. The molecule has 0 saturated carbocycles. The van der Waals surface area contributed by atoms with Crippen molar-refractivity contribution in [2.45, 2.75) is 25.7 Å². The van der Waals surface area contributed by atoms with E-state index in [-0.39, 0.29) is 17.5 Å². The van der Waals surface area contributed by atoms with Crippen molar-refractivity contribution in [3.8, 4) is 0 Å². The third kappa shape index (κ3) is 2.73. The Morgan fingerprint density at radius 2 is 2.24 bits per heavy atom. The molecule has 1 fully saturated rings. The van der Waals surface area contributed by atoms with Crippen LogP contribution in [0.3, 0.4) is 0 Å². The van der Waals surface area contributed by atoms with Crippen LogP contribution in [0.15, 0.2) is 27.5 Å². The van der Waals surface area contributed by atoms with E-state index < -0.39 is 0 Å². The van der Waals surface area contributed by atoms with E-state index in [1.165, 1.54) is 4.57 Å². The summed E-state index contributed by atoms with van der Waals surface area (Å²) in [7, 11) is 1.70. The molecule has 1 aromatic carbocycles. The molecule has 0 radical (unpaired) electrons. The monoisotopic (exact) mass is 341 g/mol. The van der Waals surface area contributed by atoms with Gasteiger partial charge < -0.3 is 14.4 Å². The third-order valence-corrected chi connectivity index (χ3v) is 4.77. The van der Waals surface area contributed by atoms with Gasteiger partial charge in [0, 0.05) is 38.5 Å². The van der Waals surface area contributed by atoms with Gasteiger partial charge in [-0.3, -0.25) is 9.36 Å². The summed E-state index contributed by atoms with van der Waals surface area (Å²) in [5.74, 6) is 1.25. The Labute approximate surface area is 143 Å². The molecule has 1 N–H and O–H groups in total. The van der Waals surface area contributed by atoms with Gasteiger partial charge in [-0.05, 0) is 31.0 Å². The molecule has 1 saturated heterocycles. The zero-order valence-corrected chi connectivity index (χ0v) is 14.2. The number of carbonyl (C=O) groups excluding carboxylic acids is 1. The van der Waals surface area contributed by atoms with Gasteiger partial charge in [-0.15, -0.1) is 0 Å². The number of aryl methyl sites for hydroxylation is 2. The van der Waals surface area contributed by atoms with Crippen molar-refractivity contribution in [3.05, 3.63) is 46.0 Å². The number of fused-ring (bicyclic) bond motifs is 1.